The summed E-state index contributed by atoms with van der Waals surface area (Å²) in [5, 5.41) is 5.48. The smallest absolute Gasteiger partial charge is 0.314 e. The molecule has 2 aromatic carbocycles. The van der Waals surface area contributed by atoms with E-state index < -0.39 is 11.8 Å². The molecule has 0 bridgehead atoms. The van der Waals surface area contributed by atoms with Crippen LogP contribution in [-0.4, -0.2) is 18.4 Å². The maximum atomic E-state index is 12.5. The largest absolute Gasteiger partial charge is 0.491 e. The van der Waals surface area contributed by atoms with Crippen molar-refractivity contribution in [3.63, 3.8) is 0 Å². The number of nitrogens with one attached hydrogen (secondary N) is 2. The lowest BCUT2D eigenvalue weighted by Crippen LogP contribution is -2.29. The average molecular weight is 437 g/mol. The normalized spacial score (nSPS) is 12.3. The Kier molecular flexibility index (Phi) is 9.60. The van der Waals surface area contributed by atoms with Crippen molar-refractivity contribution in [3.05, 3.63) is 53.6 Å². The predicted molar refractivity (Wildman–Crippen MR) is 130 cm³/mol. The number of rotatable bonds is 12. The van der Waals surface area contributed by atoms with Crippen LogP contribution in [0.1, 0.15) is 75.8 Å². The number of aryl methyl sites for hydroxylation is 1. The Hall–Kier alpha value is -2.82. The molecule has 0 spiro atoms. The fourth-order valence-electron chi connectivity index (χ4n) is 4.21. The van der Waals surface area contributed by atoms with Crippen LogP contribution in [0.4, 0.5) is 11.4 Å². The molecule has 1 aliphatic rings. The van der Waals surface area contributed by atoms with Gasteiger partial charge in [-0.15, -0.1) is 0 Å². The first-order valence-electron chi connectivity index (χ1n) is 12.1. The van der Waals surface area contributed by atoms with Crippen molar-refractivity contribution in [2.45, 2.75) is 77.6 Å². The van der Waals surface area contributed by atoms with Gasteiger partial charge in [0.05, 0.1) is 12.3 Å². The van der Waals surface area contributed by atoms with Gasteiger partial charge >= 0.3 is 11.8 Å². The second kappa shape index (κ2) is 12.9. The highest BCUT2D eigenvalue weighted by Crippen LogP contribution is 2.29. The number of ether oxygens (including phenoxy) is 1. The van der Waals surface area contributed by atoms with E-state index in [1.165, 1.54) is 44.1 Å². The van der Waals surface area contributed by atoms with Crippen LogP contribution < -0.4 is 15.4 Å². The second-order valence-corrected chi connectivity index (χ2v) is 8.52. The van der Waals surface area contributed by atoms with Crippen LogP contribution in [0.25, 0.3) is 0 Å². The molecule has 0 saturated heterocycles. The zero-order valence-electron chi connectivity index (χ0n) is 19.3. The van der Waals surface area contributed by atoms with Gasteiger partial charge in [0.1, 0.15) is 5.75 Å². The summed E-state index contributed by atoms with van der Waals surface area (Å²) in [5.74, 6) is -0.760. The number of amides is 2. The summed E-state index contributed by atoms with van der Waals surface area (Å²) in [7, 11) is 0. The number of carbonyl (C=O) groups is 2. The van der Waals surface area contributed by atoms with Gasteiger partial charge in [0.25, 0.3) is 0 Å². The molecule has 0 saturated carbocycles. The number of para-hydroxylation sites is 2. The summed E-state index contributed by atoms with van der Waals surface area (Å²) in [6.45, 7) is 2.84. The maximum absolute atomic E-state index is 12.5. The molecule has 172 valence electrons. The molecule has 0 aromatic heterocycles. The summed E-state index contributed by atoms with van der Waals surface area (Å²) in [4.78, 5) is 25.0. The van der Waals surface area contributed by atoms with Gasteiger partial charge in [-0.05, 0) is 55.0 Å². The predicted octanol–water partition coefficient (Wildman–Crippen LogP) is 6.27. The molecule has 0 radical (unpaired) electrons. The van der Waals surface area contributed by atoms with Crippen molar-refractivity contribution in [2.24, 2.45) is 0 Å². The number of benzene rings is 2. The highest BCUT2D eigenvalue weighted by Gasteiger charge is 2.20. The Morgan fingerprint density at radius 1 is 0.781 bits per heavy atom. The minimum atomic E-state index is -0.691. The molecule has 0 aliphatic heterocycles. The summed E-state index contributed by atoms with van der Waals surface area (Å²) in [5.41, 5.74) is 3.65. The van der Waals surface area contributed by atoms with E-state index in [2.05, 4.69) is 23.6 Å². The minimum absolute atomic E-state index is 0.519. The summed E-state index contributed by atoms with van der Waals surface area (Å²) in [6.07, 6.45) is 12.9. The summed E-state index contributed by atoms with van der Waals surface area (Å²) in [6, 6.07) is 13.1. The first-order chi connectivity index (χ1) is 15.7. The van der Waals surface area contributed by atoms with E-state index in [0.717, 1.165) is 43.4 Å². The zero-order valence-corrected chi connectivity index (χ0v) is 19.3. The molecule has 5 nitrogen and oxygen atoms in total. The SMILES string of the molecule is CCCCCCCCCCOc1ccccc1NC(=O)C(=O)Nc1cccc2c1CCC2. The molecule has 2 aromatic rings. The van der Waals surface area contributed by atoms with Crippen molar-refractivity contribution in [1.82, 2.24) is 0 Å². The second-order valence-electron chi connectivity index (χ2n) is 8.52. The highest BCUT2D eigenvalue weighted by molar-refractivity contribution is 6.43. The standard InChI is InChI=1S/C27H36N2O3/c1-2-3-4-5-6-7-8-11-20-32-25-19-10-9-17-24(25)29-27(31)26(30)28-23-18-13-15-21-14-12-16-22(21)23/h9-10,13,15,17-19H,2-8,11-12,14,16,20H2,1H3,(H,28,30)(H,29,31). The molecule has 2 amide bonds. The van der Waals surface area contributed by atoms with Crippen molar-refractivity contribution in [1.29, 1.82) is 0 Å². The van der Waals surface area contributed by atoms with Gasteiger partial charge in [-0.2, -0.15) is 0 Å². The van der Waals surface area contributed by atoms with E-state index >= 15 is 0 Å². The molecule has 0 unspecified atom stereocenters. The third-order valence-corrected chi connectivity index (χ3v) is 5.99. The molecule has 0 atom stereocenters. The third-order valence-electron chi connectivity index (χ3n) is 5.99. The van der Waals surface area contributed by atoms with E-state index in [1.54, 1.807) is 6.07 Å². The quantitative estimate of drug-likeness (QED) is 0.304. The van der Waals surface area contributed by atoms with E-state index in [-0.39, 0.29) is 0 Å². The summed E-state index contributed by atoms with van der Waals surface area (Å²) < 4.78 is 5.90. The first-order valence-corrected chi connectivity index (χ1v) is 12.1. The third kappa shape index (κ3) is 7.11. The Labute approximate surface area is 191 Å². The monoisotopic (exact) mass is 436 g/mol. The molecule has 5 heteroatoms. The Balaban J connectivity index is 1.44. The lowest BCUT2D eigenvalue weighted by molar-refractivity contribution is -0.133. The lowest BCUT2D eigenvalue weighted by atomic mass is 10.1. The van der Waals surface area contributed by atoms with Crippen LogP contribution in [0.15, 0.2) is 42.5 Å². The van der Waals surface area contributed by atoms with Gasteiger partial charge in [0, 0.05) is 5.69 Å². The molecular formula is C27H36N2O3. The Bertz CT molecular complexity index is 894. The van der Waals surface area contributed by atoms with Gasteiger partial charge in [-0.25, -0.2) is 0 Å². The van der Waals surface area contributed by atoms with Crippen molar-refractivity contribution in [2.75, 3.05) is 17.2 Å². The lowest BCUT2D eigenvalue weighted by Gasteiger charge is -2.13. The van der Waals surface area contributed by atoms with Crippen LogP contribution >= 0.6 is 0 Å². The van der Waals surface area contributed by atoms with E-state index in [4.69, 9.17) is 4.74 Å². The van der Waals surface area contributed by atoms with Crippen LogP contribution in [0.2, 0.25) is 0 Å². The molecule has 3 rings (SSSR count). The molecular weight excluding hydrogens is 400 g/mol. The molecule has 0 fully saturated rings. The molecule has 2 N–H and O–H groups in total. The maximum Gasteiger partial charge on any atom is 0.314 e. The minimum Gasteiger partial charge on any atom is -0.491 e. The number of hydrogen-bond acceptors (Lipinski definition) is 3. The van der Waals surface area contributed by atoms with Crippen molar-refractivity contribution < 1.29 is 14.3 Å². The van der Waals surface area contributed by atoms with Crippen LogP contribution in [-0.2, 0) is 22.4 Å². The molecule has 0 heterocycles. The number of fused-ring (bicyclic) bond motifs is 1. The van der Waals surface area contributed by atoms with Crippen LogP contribution in [0.5, 0.6) is 5.75 Å². The van der Waals surface area contributed by atoms with Crippen molar-refractivity contribution >= 4 is 23.2 Å². The van der Waals surface area contributed by atoms with E-state index in [0.29, 0.717) is 18.0 Å². The number of unbranched alkanes of at least 4 members (excludes halogenated alkanes) is 7. The average Bonchev–Trinajstić information content (AvgIpc) is 3.29. The molecule has 32 heavy (non-hydrogen) atoms. The number of carbonyl (C=O) groups excluding carboxylic acids is 2. The van der Waals surface area contributed by atoms with Crippen LogP contribution in [0.3, 0.4) is 0 Å². The van der Waals surface area contributed by atoms with Gasteiger partial charge in [-0.1, -0.05) is 76.1 Å². The molecule has 1 aliphatic carbocycles. The summed E-state index contributed by atoms with van der Waals surface area (Å²) >= 11 is 0. The first kappa shape index (κ1) is 23.8. The zero-order chi connectivity index (χ0) is 22.6. The van der Waals surface area contributed by atoms with Crippen molar-refractivity contribution in [3.8, 4) is 5.75 Å². The van der Waals surface area contributed by atoms with Gasteiger partial charge in [-0.3, -0.25) is 9.59 Å². The number of hydrogen-bond donors (Lipinski definition) is 2. The van der Waals surface area contributed by atoms with Gasteiger partial charge in [0.2, 0.25) is 0 Å². The Morgan fingerprint density at radius 2 is 1.44 bits per heavy atom. The van der Waals surface area contributed by atoms with E-state index in [1.807, 2.05) is 30.3 Å². The van der Waals surface area contributed by atoms with Gasteiger partial charge < -0.3 is 15.4 Å². The Morgan fingerprint density at radius 3 is 2.22 bits per heavy atom. The fraction of sp³-hybridized carbons (Fsp3) is 0.481. The highest BCUT2D eigenvalue weighted by atomic mass is 16.5. The van der Waals surface area contributed by atoms with E-state index in [9.17, 15) is 9.59 Å². The number of anilines is 2. The topological polar surface area (TPSA) is 67.4 Å². The fourth-order valence-corrected chi connectivity index (χ4v) is 4.21. The van der Waals surface area contributed by atoms with Crippen LogP contribution in [0, 0.1) is 0 Å². The van der Waals surface area contributed by atoms with Gasteiger partial charge in [0.15, 0.2) is 0 Å².